The predicted molar refractivity (Wildman–Crippen MR) is 104 cm³/mol. The number of hydrogen-bond donors (Lipinski definition) is 0. The summed E-state index contributed by atoms with van der Waals surface area (Å²) in [6.07, 6.45) is 4.28. The van der Waals surface area contributed by atoms with Crippen molar-refractivity contribution in [2.45, 2.75) is 38.5 Å². The van der Waals surface area contributed by atoms with Crippen LogP contribution in [0.4, 0.5) is 10.7 Å². The van der Waals surface area contributed by atoms with Crippen LogP contribution in [0.15, 0.2) is 29.3 Å². The SMILES string of the molecule is COC(=O)C1C(C)=Nc2sc3c(c2C1c1cccc([N+](=O)[O-])c1)CCCC3. The molecule has 4 rings (SSSR count). The van der Waals surface area contributed by atoms with Crippen LogP contribution in [-0.2, 0) is 22.4 Å². The van der Waals surface area contributed by atoms with Gasteiger partial charge in [0.15, 0.2) is 0 Å². The van der Waals surface area contributed by atoms with Crippen molar-refractivity contribution in [1.29, 1.82) is 0 Å². The van der Waals surface area contributed by atoms with Crippen molar-refractivity contribution in [3.8, 4) is 0 Å². The molecule has 2 atom stereocenters. The monoisotopic (exact) mass is 384 g/mol. The van der Waals surface area contributed by atoms with Crippen LogP contribution in [0.2, 0.25) is 0 Å². The standard InChI is InChI=1S/C20H20N2O4S/c1-11-16(20(23)26-2)17(12-6-5-7-13(10-12)22(24)25)18-14-8-3-4-9-15(14)27-19(18)21-11/h5-7,10,16-17H,3-4,8-9H2,1-2H3. The number of aryl methyl sites for hydroxylation is 1. The highest BCUT2D eigenvalue weighted by Gasteiger charge is 2.42. The number of carbonyl (C=O) groups excluding carboxylic acids is 1. The lowest BCUT2D eigenvalue weighted by Gasteiger charge is -2.30. The van der Waals surface area contributed by atoms with Gasteiger partial charge in [-0.05, 0) is 43.7 Å². The molecule has 2 aliphatic rings. The molecule has 0 bridgehead atoms. The van der Waals surface area contributed by atoms with E-state index in [4.69, 9.17) is 9.73 Å². The molecular formula is C20H20N2O4S. The summed E-state index contributed by atoms with van der Waals surface area (Å²) in [6, 6.07) is 6.60. The van der Waals surface area contributed by atoms with Crippen molar-refractivity contribution in [3.63, 3.8) is 0 Å². The number of aliphatic imine (C=N–C) groups is 1. The maximum absolute atomic E-state index is 12.6. The fraction of sp³-hybridized carbons (Fsp3) is 0.400. The minimum atomic E-state index is -0.565. The molecule has 0 fully saturated rings. The lowest BCUT2D eigenvalue weighted by Crippen LogP contribution is -2.33. The number of esters is 1. The fourth-order valence-corrected chi connectivity index (χ4v) is 5.61. The second kappa shape index (κ2) is 6.88. The zero-order valence-electron chi connectivity index (χ0n) is 15.2. The van der Waals surface area contributed by atoms with Crippen molar-refractivity contribution in [2.24, 2.45) is 10.9 Å². The number of rotatable bonds is 3. The molecule has 1 aliphatic carbocycles. The maximum atomic E-state index is 12.6. The van der Waals surface area contributed by atoms with Gasteiger partial charge in [-0.25, -0.2) is 4.99 Å². The molecule has 0 spiro atoms. The van der Waals surface area contributed by atoms with Gasteiger partial charge in [0.05, 0.1) is 12.0 Å². The molecule has 1 aromatic heterocycles. The number of non-ortho nitro benzene ring substituents is 1. The van der Waals surface area contributed by atoms with E-state index in [-0.39, 0.29) is 17.6 Å². The number of methoxy groups -OCH3 is 1. The molecule has 7 heteroatoms. The van der Waals surface area contributed by atoms with Gasteiger partial charge in [0.2, 0.25) is 0 Å². The van der Waals surface area contributed by atoms with Gasteiger partial charge in [-0.15, -0.1) is 11.3 Å². The average Bonchev–Trinajstić information content (AvgIpc) is 3.04. The van der Waals surface area contributed by atoms with E-state index in [2.05, 4.69) is 0 Å². The highest BCUT2D eigenvalue weighted by Crippen LogP contribution is 2.51. The Labute approximate surface area is 161 Å². The zero-order chi connectivity index (χ0) is 19.1. The molecule has 140 valence electrons. The molecule has 6 nitrogen and oxygen atoms in total. The Morgan fingerprint density at radius 3 is 2.85 bits per heavy atom. The third-order valence-corrected chi connectivity index (χ3v) is 6.66. The van der Waals surface area contributed by atoms with Crippen LogP contribution in [0.5, 0.6) is 0 Å². The Balaban J connectivity index is 1.94. The number of thiophene rings is 1. The smallest absolute Gasteiger partial charge is 0.315 e. The summed E-state index contributed by atoms with van der Waals surface area (Å²) in [5.41, 5.74) is 3.84. The van der Waals surface area contributed by atoms with Crippen molar-refractivity contribution >= 4 is 33.7 Å². The summed E-state index contributed by atoms with van der Waals surface area (Å²) in [5.74, 6) is -1.22. The van der Waals surface area contributed by atoms with E-state index < -0.39 is 10.8 Å². The lowest BCUT2D eigenvalue weighted by molar-refractivity contribution is -0.384. The third-order valence-electron chi connectivity index (χ3n) is 5.46. The second-order valence-electron chi connectivity index (χ2n) is 7.01. The van der Waals surface area contributed by atoms with Crippen molar-refractivity contribution in [2.75, 3.05) is 7.11 Å². The van der Waals surface area contributed by atoms with Gasteiger partial charge >= 0.3 is 5.97 Å². The van der Waals surface area contributed by atoms with Crippen LogP contribution in [0.3, 0.4) is 0 Å². The highest BCUT2D eigenvalue weighted by molar-refractivity contribution is 7.16. The lowest BCUT2D eigenvalue weighted by atomic mass is 9.74. The van der Waals surface area contributed by atoms with Gasteiger partial charge in [-0.1, -0.05) is 12.1 Å². The van der Waals surface area contributed by atoms with Gasteiger partial charge in [-0.3, -0.25) is 14.9 Å². The molecule has 0 amide bonds. The maximum Gasteiger partial charge on any atom is 0.315 e. The predicted octanol–water partition coefficient (Wildman–Crippen LogP) is 4.56. The van der Waals surface area contributed by atoms with Crippen molar-refractivity contribution < 1.29 is 14.5 Å². The number of benzene rings is 1. The molecule has 1 aliphatic heterocycles. The number of nitro groups is 1. The van der Waals surface area contributed by atoms with Crippen LogP contribution in [0, 0.1) is 16.0 Å². The van der Waals surface area contributed by atoms with E-state index in [1.165, 1.54) is 23.6 Å². The first-order chi connectivity index (χ1) is 13.0. The first-order valence-electron chi connectivity index (χ1n) is 9.03. The Bertz CT molecular complexity index is 963. The molecular weight excluding hydrogens is 364 g/mol. The number of carbonyl (C=O) groups is 1. The van der Waals surface area contributed by atoms with Gasteiger partial charge in [0, 0.05) is 34.2 Å². The zero-order valence-corrected chi connectivity index (χ0v) is 16.0. The van der Waals surface area contributed by atoms with Gasteiger partial charge < -0.3 is 4.74 Å². The summed E-state index contributed by atoms with van der Waals surface area (Å²) >= 11 is 1.70. The number of fused-ring (bicyclic) bond motifs is 3. The largest absolute Gasteiger partial charge is 0.468 e. The van der Waals surface area contributed by atoms with Crippen LogP contribution in [-0.4, -0.2) is 23.7 Å². The molecule has 2 aromatic rings. The van der Waals surface area contributed by atoms with Crippen LogP contribution in [0.1, 0.15) is 47.3 Å². The quantitative estimate of drug-likeness (QED) is 0.441. The summed E-state index contributed by atoms with van der Waals surface area (Å²) in [7, 11) is 1.37. The van der Waals surface area contributed by atoms with Gasteiger partial charge in [0.1, 0.15) is 10.9 Å². The van der Waals surface area contributed by atoms with Gasteiger partial charge in [0.25, 0.3) is 5.69 Å². The summed E-state index contributed by atoms with van der Waals surface area (Å²) < 4.78 is 5.07. The number of hydrogen-bond acceptors (Lipinski definition) is 6. The van der Waals surface area contributed by atoms with Gasteiger partial charge in [-0.2, -0.15) is 0 Å². The first kappa shape index (κ1) is 17.9. The van der Waals surface area contributed by atoms with Crippen molar-refractivity contribution in [1.82, 2.24) is 0 Å². The average molecular weight is 384 g/mol. The summed E-state index contributed by atoms with van der Waals surface area (Å²) in [4.78, 5) is 29.6. The Kier molecular flexibility index (Phi) is 4.55. The minimum absolute atomic E-state index is 0.0296. The van der Waals surface area contributed by atoms with E-state index in [1.807, 2.05) is 13.0 Å². The highest BCUT2D eigenvalue weighted by atomic mass is 32.1. The number of nitro benzene ring substituents is 1. The van der Waals surface area contributed by atoms with E-state index in [9.17, 15) is 14.9 Å². The molecule has 2 heterocycles. The second-order valence-corrected chi connectivity index (χ2v) is 8.10. The Morgan fingerprint density at radius 2 is 2.11 bits per heavy atom. The number of ether oxygens (including phenoxy) is 1. The van der Waals surface area contributed by atoms with E-state index in [0.717, 1.165) is 41.8 Å². The molecule has 1 aromatic carbocycles. The number of nitrogens with zero attached hydrogens (tertiary/aromatic N) is 2. The van der Waals surface area contributed by atoms with Crippen LogP contribution < -0.4 is 0 Å². The molecule has 0 radical (unpaired) electrons. The molecule has 2 unspecified atom stereocenters. The van der Waals surface area contributed by atoms with E-state index in [1.54, 1.807) is 23.5 Å². The fourth-order valence-electron chi connectivity index (χ4n) is 4.24. The first-order valence-corrected chi connectivity index (χ1v) is 9.84. The molecule has 0 saturated carbocycles. The van der Waals surface area contributed by atoms with E-state index in [0.29, 0.717) is 5.71 Å². The Hall–Kier alpha value is -2.54. The summed E-state index contributed by atoms with van der Waals surface area (Å²) in [6.45, 7) is 1.84. The van der Waals surface area contributed by atoms with Crippen LogP contribution >= 0.6 is 11.3 Å². The third kappa shape index (κ3) is 2.96. The minimum Gasteiger partial charge on any atom is -0.468 e. The summed E-state index contributed by atoms with van der Waals surface area (Å²) in [5, 5.41) is 12.2. The van der Waals surface area contributed by atoms with Crippen LogP contribution in [0.25, 0.3) is 0 Å². The molecule has 27 heavy (non-hydrogen) atoms. The van der Waals surface area contributed by atoms with E-state index >= 15 is 0 Å². The topological polar surface area (TPSA) is 81.8 Å². The molecule has 0 saturated heterocycles. The normalized spacial score (nSPS) is 21.0. The molecule has 0 N–H and O–H groups in total. The van der Waals surface area contributed by atoms with Crippen molar-refractivity contribution in [3.05, 3.63) is 55.9 Å². The Morgan fingerprint density at radius 1 is 1.33 bits per heavy atom.